The van der Waals surface area contributed by atoms with Gasteiger partial charge in [0.2, 0.25) is 5.91 Å². The second-order valence-corrected chi connectivity index (χ2v) is 6.60. The van der Waals surface area contributed by atoms with Gasteiger partial charge in [-0.2, -0.15) is 0 Å². The number of halogens is 1. The highest BCUT2D eigenvalue weighted by atomic mass is 127. The molecular weight excluding hydrogens is 433 g/mol. The molecule has 0 aromatic heterocycles. The Morgan fingerprint density at radius 2 is 1.80 bits per heavy atom. The number of nitrogens with one attached hydrogen (secondary N) is 2. The Hall–Kier alpha value is -0.610. The first-order valence-electron chi connectivity index (χ1n) is 9.03. The Balaban J connectivity index is 0.00000576. The topological polar surface area (TPSA) is 69.2 Å². The van der Waals surface area contributed by atoms with Gasteiger partial charge in [-0.1, -0.05) is 13.8 Å². The third kappa shape index (κ3) is 11.6. The average molecular weight is 469 g/mol. The first-order chi connectivity index (χ1) is 11.5. The Labute approximate surface area is 170 Å². The van der Waals surface area contributed by atoms with Gasteiger partial charge in [-0.25, -0.2) is 0 Å². The fourth-order valence-corrected chi connectivity index (χ4v) is 2.54. The molecule has 0 bridgehead atoms. The van der Waals surface area contributed by atoms with Crippen LogP contribution in [0.1, 0.15) is 27.2 Å². The summed E-state index contributed by atoms with van der Waals surface area (Å²) in [7, 11) is 1.79. The minimum atomic E-state index is 0. The molecular formula is C17H36IN5O2. The lowest BCUT2D eigenvalue weighted by Crippen LogP contribution is -2.50. The molecule has 1 amide bonds. The second-order valence-electron chi connectivity index (χ2n) is 6.60. The van der Waals surface area contributed by atoms with E-state index < -0.39 is 0 Å². The summed E-state index contributed by atoms with van der Waals surface area (Å²) < 4.78 is 5.56. The summed E-state index contributed by atoms with van der Waals surface area (Å²) in [6.07, 6.45) is 0.973. The first-order valence-corrected chi connectivity index (χ1v) is 9.03. The molecule has 8 heteroatoms. The predicted octanol–water partition coefficient (Wildman–Crippen LogP) is 0.996. The van der Waals surface area contributed by atoms with Crippen LogP contribution >= 0.6 is 24.0 Å². The summed E-state index contributed by atoms with van der Waals surface area (Å²) >= 11 is 0. The maximum Gasteiger partial charge on any atom is 0.219 e. The fraction of sp³-hybridized carbons (Fsp3) is 0.882. The molecule has 1 fully saturated rings. The van der Waals surface area contributed by atoms with Crippen molar-refractivity contribution in [2.24, 2.45) is 10.9 Å². The van der Waals surface area contributed by atoms with E-state index in [0.29, 0.717) is 5.92 Å². The smallest absolute Gasteiger partial charge is 0.219 e. The maximum atomic E-state index is 11.3. The number of carbonyl (C=O) groups excluding carboxylic acids is 1. The van der Waals surface area contributed by atoms with Gasteiger partial charge in [0.1, 0.15) is 0 Å². The molecule has 7 nitrogen and oxygen atoms in total. The number of hydrogen-bond donors (Lipinski definition) is 2. The van der Waals surface area contributed by atoms with Gasteiger partial charge in [0, 0.05) is 73.0 Å². The molecule has 1 saturated heterocycles. The van der Waals surface area contributed by atoms with Crippen molar-refractivity contribution in [1.82, 2.24) is 20.4 Å². The summed E-state index contributed by atoms with van der Waals surface area (Å²) in [4.78, 5) is 19.8. The van der Waals surface area contributed by atoms with Crippen LogP contribution in [-0.4, -0.2) is 87.7 Å². The SMILES string of the molecule is CN=C(NCCCOCC(C)C)NCCN1CCN(C(C)=O)CC1.I. The van der Waals surface area contributed by atoms with Gasteiger partial charge < -0.3 is 20.3 Å². The van der Waals surface area contributed by atoms with Gasteiger partial charge >= 0.3 is 0 Å². The number of rotatable bonds is 9. The van der Waals surface area contributed by atoms with Crippen LogP contribution in [-0.2, 0) is 9.53 Å². The number of piperazine rings is 1. The highest BCUT2D eigenvalue weighted by Crippen LogP contribution is 2.00. The predicted molar refractivity (Wildman–Crippen MR) is 114 cm³/mol. The van der Waals surface area contributed by atoms with Crippen molar-refractivity contribution in [3.05, 3.63) is 0 Å². The van der Waals surface area contributed by atoms with E-state index in [9.17, 15) is 4.79 Å². The molecule has 0 atom stereocenters. The largest absolute Gasteiger partial charge is 0.381 e. The number of guanidine groups is 1. The molecule has 0 aromatic rings. The van der Waals surface area contributed by atoms with E-state index >= 15 is 0 Å². The number of aliphatic imine (C=N–C) groups is 1. The molecule has 148 valence electrons. The van der Waals surface area contributed by atoms with Crippen LogP contribution in [0.15, 0.2) is 4.99 Å². The van der Waals surface area contributed by atoms with E-state index in [1.165, 1.54) is 0 Å². The molecule has 0 unspecified atom stereocenters. The molecule has 2 N–H and O–H groups in total. The fourth-order valence-electron chi connectivity index (χ4n) is 2.54. The van der Waals surface area contributed by atoms with Crippen molar-refractivity contribution in [3.63, 3.8) is 0 Å². The minimum absolute atomic E-state index is 0. The monoisotopic (exact) mass is 469 g/mol. The quantitative estimate of drug-likeness (QED) is 0.228. The maximum absolute atomic E-state index is 11.3. The van der Waals surface area contributed by atoms with Crippen LogP contribution < -0.4 is 10.6 Å². The Morgan fingerprint density at radius 3 is 2.36 bits per heavy atom. The van der Waals surface area contributed by atoms with Crippen molar-refractivity contribution < 1.29 is 9.53 Å². The molecule has 1 aliphatic heterocycles. The zero-order chi connectivity index (χ0) is 17.8. The zero-order valence-corrected chi connectivity index (χ0v) is 18.5. The molecule has 0 saturated carbocycles. The molecule has 1 rings (SSSR count). The second kappa shape index (κ2) is 14.5. The summed E-state index contributed by atoms with van der Waals surface area (Å²) in [5, 5.41) is 6.64. The number of amides is 1. The highest BCUT2D eigenvalue weighted by Gasteiger charge is 2.17. The van der Waals surface area contributed by atoms with Crippen molar-refractivity contribution in [2.45, 2.75) is 27.2 Å². The van der Waals surface area contributed by atoms with E-state index in [4.69, 9.17) is 4.74 Å². The average Bonchev–Trinajstić information content (AvgIpc) is 2.56. The van der Waals surface area contributed by atoms with Crippen molar-refractivity contribution >= 4 is 35.8 Å². The van der Waals surface area contributed by atoms with E-state index in [1.807, 2.05) is 4.90 Å². The lowest BCUT2D eigenvalue weighted by Gasteiger charge is -2.34. The molecule has 0 spiro atoms. The first kappa shape index (κ1) is 24.4. The van der Waals surface area contributed by atoms with Gasteiger partial charge in [-0.05, 0) is 12.3 Å². The summed E-state index contributed by atoms with van der Waals surface area (Å²) in [5.74, 6) is 1.60. The standard InChI is InChI=1S/C17H35N5O2.HI/c1-15(2)14-24-13-5-6-19-17(18-4)20-7-8-21-9-11-22(12-10-21)16(3)23;/h15H,5-14H2,1-4H3,(H2,18,19,20);1H. The van der Waals surface area contributed by atoms with Gasteiger partial charge in [0.05, 0.1) is 0 Å². The normalized spacial score (nSPS) is 15.9. The van der Waals surface area contributed by atoms with Crippen LogP contribution in [0.2, 0.25) is 0 Å². The number of ether oxygens (including phenoxy) is 1. The van der Waals surface area contributed by atoms with E-state index in [-0.39, 0.29) is 29.9 Å². The van der Waals surface area contributed by atoms with Crippen LogP contribution in [0.25, 0.3) is 0 Å². The summed E-state index contributed by atoms with van der Waals surface area (Å²) in [5.41, 5.74) is 0. The van der Waals surface area contributed by atoms with Crippen LogP contribution in [0.4, 0.5) is 0 Å². The molecule has 25 heavy (non-hydrogen) atoms. The van der Waals surface area contributed by atoms with E-state index in [2.05, 4.69) is 34.4 Å². The Kier molecular flexibility index (Phi) is 14.2. The molecule has 0 radical (unpaired) electrons. The summed E-state index contributed by atoms with van der Waals surface area (Å²) in [6.45, 7) is 13.8. The van der Waals surface area contributed by atoms with Crippen LogP contribution in [0, 0.1) is 5.92 Å². The number of carbonyl (C=O) groups is 1. The third-order valence-electron chi connectivity index (χ3n) is 3.97. The van der Waals surface area contributed by atoms with Gasteiger partial charge in [-0.3, -0.25) is 14.7 Å². The Morgan fingerprint density at radius 1 is 1.16 bits per heavy atom. The lowest BCUT2D eigenvalue weighted by atomic mass is 10.2. The Bertz CT molecular complexity index is 385. The van der Waals surface area contributed by atoms with Crippen LogP contribution in [0.5, 0.6) is 0 Å². The highest BCUT2D eigenvalue weighted by molar-refractivity contribution is 14.0. The van der Waals surface area contributed by atoms with Crippen molar-refractivity contribution in [2.75, 3.05) is 66.1 Å². The third-order valence-corrected chi connectivity index (χ3v) is 3.97. The van der Waals surface area contributed by atoms with Crippen LogP contribution in [0.3, 0.4) is 0 Å². The number of nitrogens with zero attached hydrogens (tertiary/aromatic N) is 3. The zero-order valence-electron chi connectivity index (χ0n) is 16.2. The molecule has 0 aliphatic carbocycles. The molecule has 1 aliphatic rings. The minimum Gasteiger partial charge on any atom is -0.381 e. The van der Waals surface area contributed by atoms with E-state index in [0.717, 1.165) is 71.4 Å². The van der Waals surface area contributed by atoms with Gasteiger partial charge in [-0.15, -0.1) is 24.0 Å². The van der Waals surface area contributed by atoms with Crippen molar-refractivity contribution in [1.29, 1.82) is 0 Å². The van der Waals surface area contributed by atoms with E-state index in [1.54, 1.807) is 14.0 Å². The van der Waals surface area contributed by atoms with Gasteiger partial charge in [0.15, 0.2) is 5.96 Å². The lowest BCUT2D eigenvalue weighted by molar-refractivity contribution is -0.130. The molecule has 0 aromatic carbocycles. The number of hydrogen-bond acceptors (Lipinski definition) is 4. The van der Waals surface area contributed by atoms with Gasteiger partial charge in [0.25, 0.3) is 0 Å². The molecule has 1 heterocycles. The van der Waals surface area contributed by atoms with Crippen molar-refractivity contribution in [3.8, 4) is 0 Å². The summed E-state index contributed by atoms with van der Waals surface area (Å²) in [6, 6.07) is 0.